The largest absolute Gasteiger partial charge is 0.332 e. The molecule has 0 bridgehead atoms. The van der Waals surface area contributed by atoms with Gasteiger partial charge in [-0.2, -0.15) is 0 Å². The predicted octanol–water partition coefficient (Wildman–Crippen LogP) is 4.58. The summed E-state index contributed by atoms with van der Waals surface area (Å²) in [6.45, 7) is 3.88. The van der Waals surface area contributed by atoms with Gasteiger partial charge in [-0.3, -0.25) is 0 Å². The summed E-state index contributed by atoms with van der Waals surface area (Å²) in [6, 6.07) is 4.36. The van der Waals surface area contributed by atoms with Crippen LogP contribution < -0.4 is 5.32 Å². The number of hydrogen-bond donors (Lipinski definition) is 1. The van der Waals surface area contributed by atoms with E-state index in [-0.39, 0.29) is 0 Å². The molecule has 2 aliphatic rings. The lowest BCUT2D eigenvalue weighted by molar-refractivity contribution is 0.146. The van der Waals surface area contributed by atoms with Crippen molar-refractivity contribution in [1.82, 2.24) is 19.8 Å². The van der Waals surface area contributed by atoms with Gasteiger partial charge in [0.25, 0.3) is 6.43 Å². The molecule has 0 amide bonds. The van der Waals surface area contributed by atoms with E-state index in [4.69, 9.17) is 4.98 Å². The molecule has 3 heterocycles. The first-order chi connectivity index (χ1) is 14.0. The van der Waals surface area contributed by atoms with Crippen LogP contribution in [0.3, 0.4) is 0 Å². The molecule has 2 saturated heterocycles. The molecule has 0 aliphatic carbocycles. The molecule has 158 valence electrons. The standard InChI is InChI=1S/C22H29F3N4/c1-28-11-3-2-4-17(28)13-29-14-20(27-22(29)15-7-9-26-10-8-15)16-5-6-19(23)18(12-16)21(24)25/h5-6,12,14-15,17,21,26H,2-4,7-11,13H2,1H3. The summed E-state index contributed by atoms with van der Waals surface area (Å²) in [7, 11) is 2.17. The van der Waals surface area contributed by atoms with Crippen molar-refractivity contribution < 1.29 is 13.2 Å². The smallest absolute Gasteiger partial charge is 0.266 e. The summed E-state index contributed by atoms with van der Waals surface area (Å²) >= 11 is 0. The van der Waals surface area contributed by atoms with Crippen LogP contribution in [-0.4, -0.2) is 47.2 Å². The molecule has 1 aromatic heterocycles. The molecule has 7 heteroatoms. The highest BCUT2D eigenvalue weighted by Crippen LogP contribution is 2.32. The van der Waals surface area contributed by atoms with Gasteiger partial charge in [-0.15, -0.1) is 0 Å². The zero-order valence-corrected chi connectivity index (χ0v) is 16.9. The van der Waals surface area contributed by atoms with Crippen LogP contribution in [0.15, 0.2) is 24.4 Å². The Morgan fingerprint density at radius 3 is 2.69 bits per heavy atom. The molecule has 29 heavy (non-hydrogen) atoms. The van der Waals surface area contributed by atoms with Gasteiger partial charge < -0.3 is 14.8 Å². The van der Waals surface area contributed by atoms with Gasteiger partial charge in [-0.25, -0.2) is 18.2 Å². The summed E-state index contributed by atoms with van der Waals surface area (Å²) in [5.41, 5.74) is 0.638. The van der Waals surface area contributed by atoms with Crippen molar-refractivity contribution >= 4 is 0 Å². The molecule has 4 nitrogen and oxygen atoms in total. The average molecular weight is 406 g/mol. The summed E-state index contributed by atoms with van der Waals surface area (Å²) in [4.78, 5) is 7.28. The second kappa shape index (κ2) is 8.88. The van der Waals surface area contributed by atoms with Gasteiger partial charge in [0.1, 0.15) is 11.6 Å². The van der Waals surface area contributed by atoms with E-state index in [2.05, 4.69) is 21.8 Å². The maximum atomic E-state index is 13.7. The minimum Gasteiger partial charge on any atom is -0.332 e. The number of likely N-dealkylation sites (tertiary alicyclic amines) is 1. The third-order valence-corrected chi connectivity index (χ3v) is 6.37. The van der Waals surface area contributed by atoms with E-state index in [1.54, 1.807) is 6.07 Å². The summed E-state index contributed by atoms with van der Waals surface area (Å²) < 4.78 is 42.3. The SMILES string of the molecule is CN1CCCCC1Cn1cc(-c2ccc(F)c(C(F)F)c2)nc1C1CCNCC1. The fourth-order valence-electron chi connectivity index (χ4n) is 4.59. The fourth-order valence-corrected chi connectivity index (χ4v) is 4.59. The zero-order chi connectivity index (χ0) is 20.4. The minimum absolute atomic E-state index is 0.355. The van der Waals surface area contributed by atoms with Gasteiger partial charge in [0, 0.05) is 30.3 Å². The highest BCUT2D eigenvalue weighted by atomic mass is 19.3. The molecule has 0 spiro atoms. The van der Waals surface area contributed by atoms with Crippen molar-refractivity contribution in [2.75, 3.05) is 26.7 Å². The highest BCUT2D eigenvalue weighted by molar-refractivity contribution is 5.60. The lowest BCUT2D eigenvalue weighted by atomic mass is 9.97. The van der Waals surface area contributed by atoms with E-state index in [0.29, 0.717) is 23.2 Å². The molecule has 1 N–H and O–H groups in total. The maximum absolute atomic E-state index is 13.7. The summed E-state index contributed by atoms with van der Waals surface area (Å²) in [6.07, 6.45) is 4.79. The van der Waals surface area contributed by atoms with Crippen molar-refractivity contribution in [3.8, 4) is 11.3 Å². The second-order valence-electron chi connectivity index (χ2n) is 8.33. The topological polar surface area (TPSA) is 33.1 Å². The Morgan fingerprint density at radius 2 is 1.97 bits per heavy atom. The lowest BCUT2D eigenvalue weighted by Gasteiger charge is -2.33. The van der Waals surface area contributed by atoms with Crippen LogP contribution in [0, 0.1) is 5.82 Å². The van der Waals surface area contributed by atoms with Crippen molar-refractivity contribution in [1.29, 1.82) is 0 Å². The van der Waals surface area contributed by atoms with E-state index in [0.717, 1.165) is 57.3 Å². The fraction of sp³-hybridized carbons (Fsp3) is 0.591. The Balaban J connectivity index is 1.68. The number of imidazole rings is 1. The molecule has 4 rings (SSSR count). The van der Waals surface area contributed by atoms with Crippen LogP contribution in [-0.2, 0) is 6.54 Å². The van der Waals surface area contributed by atoms with Crippen molar-refractivity contribution in [3.63, 3.8) is 0 Å². The van der Waals surface area contributed by atoms with Gasteiger partial charge in [0.15, 0.2) is 0 Å². The number of alkyl halides is 2. The van der Waals surface area contributed by atoms with Gasteiger partial charge in [-0.1, -0.05) is 6.42 Å². The molecule has 1 atom stereocenters. The molecular formula is C22H29F3N4. The third-order valence-electron chi connectivity index (χ3n) is 6.37. The van der Waals surface area contributed by atoms with E-state index in [1.807, 2.05) is 6.20 Å². The zero-order valence-electron chi connectivity index (χ0n) is 16.9. The number of nitrogens with one attached hydrogen (secondary N) is 1. The number of aromatic nitrogens is 2. The highest BCUT2D eigenvalue weighted by Gasteiger charge is 2.26. The Kier molecular flexibility index (Phi) is 6.25. The Morgan fingerprint density at radius 1 is 1.17 bits per heavy atom. The normalized spacial score (nSPS) is 21.8. The van der Waals surface area contributed by atoms with Gasteiger partial charge in [0.05, 0.1) is 11.3 Å². The van der Waals surface area contributed by atoms with Crippen LogP contribution in [0.5, 0.6) is 0 Å². The second-order valence-corrected chi connectivity index (χ2v) is 8.33. The van der Waals surface area contributed by atoms with Crippen LogP contribution in [0.4, 0.5) is 13.2 Å². The van der Waals surface area contributed by atoms with Gasteiger partial charge >= 0.3 is 0 Å². The van der Waals surface area contributed by atoms with Gasteiger partial charge in [-0.05, 0) is 70.6 Å². The first-order valence-electron chi connectivity index (χ1n) is 10.6. The predicted molar refractivity (Wildman–Crippen MR) is 108 cm³/mol. The average Bonchev–Trinajstić information content (AvgIpc) is 3.14. The maximum Gasteiger partial charge on any atom is 0.266 e. The van der Waals surface area contributed by atoms with Crippen LogP contribution in [0.1, 0.15) is 55.8 Å². The molecule has 2 aliphatic heterocycles. The molecule has 1 unspecified atom stereocenters. The van der Waals surface area contributed by atoms with E-state index >= 15 is 0 Å². The van der Waals surface area contributed by atoms with E-state index in [9.17, 15) is 13.2 Å². The number of nitrogens with zero attached hydrogens (tertiary/aromatic N) is 3. The first-order valence-corrected chi connectivity index (χ1v) is 10.6. The number of halogens is 3. The number of piperidine rings is 2. The van der Waals surface area contributed by atoms with Crippen LogP contribution in [0.25, 0.3) is 11.3 Å². The van der Waals surface area contributed by atoms with Crippen LogP contribution in [0.2, 0.25) is 0 Å². The van der Waals surface area contributed by atoms with E-state index in [1.165, 1.54) is 18.9 Å². The first kappa shape index (κ1) is 20.4. The molecular weight excluding hydrogens is 377 g/mol. The number of likely N-dealkylation sites (N-methyl/N-ethyl adjacent to an activating group) is 1. The number of benzene rings is 1. The van der Waals surface area contributed by atoms with Crippen LogP contribution >= 0.6 is 0 Å². The van der Waals surface area contributed by atoms with Crippen molar-refractivity contribution in [2.24, 2.45) is 0 Å². The van der Waals surface area contributed by atoms with Crippen molar-refractivity contribution in [3.05, 3.63) is 41.6 Å². The third kappa shape index (κ3) is 4.51. The Labute approximate surface area is 170 Å². The monoisotopic (exact) mass is 406 g/mol. The van der Waals surface area contributed by atoms with Gasteiger partial charge in [0.2, 0.25) is 0 Å². The molecule has 2 aromatic rings. The van der Waals surface area contributed by atoms with Crippen molar-refractivity contribution in [2.45, 2.75) is 57.0 Å². The minimum atomic E-state index is -2.84. The summed E-state index contributed by atoms with van der Waals surface area (Å²) in [5, 5.41) is 3.39. The molecule has 0 saturated carbocycles. The number of rotatable bonds is 5. The van der Waals surface area contributed by atoms with E-state index < -0.39 is 17.8 Å². The number of hydrogen-bond acceptors (Lipinski definition) is 3. The Bertz CT molecular complexity index is 829. The quantitative estimate of drug-likeness (QED) is 0.789. The molecule has 1 aromatic carbocycles. The molecule has 2 fully saturated rings. The summed E-state index contributed by atoms with van der Waals surface area (Å²) in [5.74, 6) is 0.517. The Hall–Kier alpha value is -1.86. The lowest BCUT2D eigenvalue weighted by Crippen LogP contribution is -2.39. The molecule has 0 radical (unpaired) electrons.